The highest BCUT2D eigenvalue weighted by molar-refractivity contribution is 6.14. The van der Waals surface area contributed by atoms with Crippen LogP contribution in [-0.4, -0.2) is 62.5 Å². The number of aromatic hydroxyl groups is 1. The van der Waals surface area contributed by atoms with Gasteiger partial charge in [-0.25, -0.2) is 5.43 Å². The van der Waals surface area contributed by atoms with Gasteiger partial charge in [0.05, 0.1) is 36.0 Å². The summed E-state index contributed by atoms with van der Waals surface area (Å²) >= 11 is 0. The Kier molecular flexibility index (Phi) is 14.6. The minimum atomic E-state index is -0.210. The van der Waals surface area contributed by atoms with Crippen molar-refractivity contribution in [3.8, 4) is 17.2 Å². The summed E-state index contributed by atoms with van der Waals surface area (Å²) in [5.41, 5.74) is 11.9. The number of Topliss-reactive ketones (excluding diaryl/α,β-unsaturated/α-hetero) is 2. The van der Waals surface area contributed by atoms with E-state index in [1.165, 1.54) is 60.9 Å². The predicted octanol–water partition coefficient (Wildman–Crippen LogP) is 13.4. The van der Waals surface area contributed by atoms with Crippen LogP contribution < -0.4 is 14.9 Å². The summed E-state index contributed by atoms with van der Waals surface area (Å²) in [5.74, 6) is 5.20. The molecular weight excluding hydrogens is 939 g/mol. The molecular formula is C63H61N5O7. The monoisotopic (exact) mass is 999 g/mol. The van der Waals surface area contributed by atoms with Gasteiger partial charge in [-0.05, 0) is 104 Å². The average Bonchev–Trinajstić information content (AvgIpc) is 4.39. The Morgan fingerprint density at radius 2 is 1.19 bits per heavy atom. The number of hydrogen-bond acceptors (Lipinski definition) is 8. The quantitative estimate of drug-likeness (QED) is 0.0884. The molecule has 4 N–H and O–H groups in total. The van der Waals surface area contributed by atoms with Crippen LogP contribution in [0.2, 0.25) is 0 Å². The first-order valence-electron chi connectivity index (χ1n) is 25.8. The summed E-state index contributed by atoms with van der Waals surface area (Å²) < 4.78 is 13.4. The Hall–Kier alpha value is -8.51. The molecule has 9 aromatic rings. The number of carbonyl (C=O) groups excluding carboxylic acids is 4. The number of phenolic OH excluding ortho intramolecular Hbond substituents is 1. The minimum Gasteiger partial charge on any atom is -0.508 e. The van der Waals surface area contributed by atoms with Crippen molar-refractivity contribution in [2.45, 2.75) is 71.1 Å². The molecule has 0 radical (unpaired) electrons. The maximum Gasteiger partial charge on any atom is 0.272 e. The van der Waals surface area contributed by atoms with E-state index >= 15 is 0 Å². The Morgan fingerprint density at radius 3 is 1.75 bits per heavy atom. The highest BCUT2D eigenvalue weighted by Crippen LogP contribution is 2.50. The molecule has 0 saturated heterocycles. The standard InChI is InChI=1S/C20H17N3O2.C20H19NO2.C12H11NO3.C11H14/c24-20-17-7-15(8-18-19(17)14(9-21-18)10-22-23-20)25-11-13-6-16(13)12-4-2-1-3-5-12;1-13(22)18-10-16(11-20-17(18)7-8-21-20)23-12-15-9-19(15)14-5-3-2-4-6-14;1-7(14)11-5-9(16)6-12-10(11)3-4-13(12)8(2)15;1-2-9-8-11(9)10-6-4-3-5-7-10/h1-5,7-10,13,16,21H,6,11H2,(H,23,24);2-8,10-11,15,19,21H,9,12H2,1H3;3-6,16H,1-2H3;3-7,9,11H,2,8H2,1H3. The SMILES string of the molecule is CC(=O)c1cc(O)cc2c1ccn2C(C)=O.CC(=O)c1cc(OCC2CC2c2ccccc2)cc2[nH]ccc12.CCC1CC1c1ccccc1.O=C1NN=Cc2c[nH]c3cc(OCC4CC4c4ccccc4)cc1c23. The molecule has 4 heterocycles. The molecule has 3 fully saturated rings. The van der Waals surface area contributed by atoms with Crippen LogP contribution in [0.4, 0.5) is 0 Å². The van der Waals surface area contributed by atoms with E-state index in [-0.39, 0.29) is 29.1 Å². The number of hydrogen-bond donors (Lipinski definition) is 4. The molecule has 1 amide bonds. The second kappa shape index (κ2) is 21.9. The Balaban J connectivity index is 0.000000119. The zero-order valence-electron chi connectivity index (χ0n) is 42.6. The number of aromatic amines is 2. The maximum absolute atomic E-state index is 12.2. The van der Waals surface area contributed by atoms with Crippen LogP contribution in [0.25, 0.3) is 32.7 Å². The van der Waals surface area contributed by atoms with Crippen molar-refractivity contribution in [1.29, 1.82) is 0 Å². The van der Waals surface area contributed by atoms with Crippen LogP contribution in [0.15, 0.2) is 163 Å². The summed E-state index contributed by atoms with van der Waals surface area (Å²) in [6.45, 7) is 8.10. The predicted molar refractivity (Wildman–Crippen MR) is 295 cm³/mol. The van der Waals surface area contributed by atoms with E-state index in [4.69, 9.17) is 9.47 Å². The van der Waals surface area contributed by atoms with Crippen molar-refractivity contribution in [1.82, 2.24) is 20.0 Å². The van der Waals surface area contributed by atoms with Gasteiger partial charge in [0, 0.05) is 93.9 Å². The molecule has 1 aliphatic heterocycles. The van der Waals surface area contributed by atoms with E-state index in [2.05, 4.69) is 106 Å². The number of carbonyl (C=O) groups is 4. The molecule has 12 nitrogen and oxygen atoms in total. The summed E-state index contributed by atoms with van der Waals surface area (Å²) in [5, 5.41) is 16.0. The lowest BCUT2D eigenvalue weighted by Gasteiger charge is -2.09. The molecule has 3 aromatic heterocycles. The second-order valence-corrected chi connectivity index (χ2v) is 20.1. The van der Waals surface area contributed by atoms with Gasteiger partial charge in [0.1, 0.15) is 17.2 Å². The van der Waals surface area contributed by atoms with Crippen molar-refractivity contribution in [2.24, 2.45) is 22.9 Å². The van der Waals surface area contributed by atoms with Crippen LogP contribution in [-0.2, 0) is 0 Å². The second-order valence-electron chi connectivity index (χ2n) is 20.1. The number of nitrogens with one attached hydrogen (secondary N) is 3. The van der Waals surface area contributed by atoms with Gasteiger partial charge in [-0.3, -0.25) is 23.7 Å². The van der Waals surface area contributed by atoms with Crippen LogP contribution >= 0.6 is 0 Å². The fourth-order valence-electron chi connectivity index (χ4n) is 10.5. The summed E-state index contributed by atoms with van der Waals surface area (Å²) in [6.07, 6.45) is 12.1. The van der Waals surface area contributed by atoms with E-state index in [0.717, 1.165) is 51.4 Å². The van der Waals surface area contributed by atoms with Crippen LogP contribution in [0.5, 0.6) is 17.2 Å². The van der Waals surface area contributed by atoms with Crippen LogP contribution in [0, 0.1) is 17.8 Å². The third-order valence-electron chi connectivity index (χ3n) is 14.8. The van der Waals surface area contributed by atoms with Crippen molar-refractivity contribution >= 4 is 62.3 Å². The van der Waals surface area contributed by atoms with Gasteiger partial charge in [-0.1, -0.05) is 104 Å². The molecule has 0 bridgehead atoms. The molecule has 6 atom stereocenters. The third-order valence-corrected chi connectivity index (χ3v) is 14.8. The van der Waals surface area contributed by atoms with Gasteiger partial charge in [0.2, 0.25) is 5.91 Å². The number of fused-ring (bicyclic) bond motifs is 2. The number of aromatic nitrogens is 3. The van der Waals surface area contributed by atoms with E-state index in [1.54, 1.807) is 31.0 Å². The molecule has 380 valence electrons. The number of amides is 1. The van der Waals surface area contributed by atoms with E-state index in [9.17, 15) is 24.3 Å². The van der Waals surface area contributed by atoms with Crippen molar-refractivity contribution in [2.75, 3.05) is 13.2 Å². The van der Waals surface area contributed by atoms with Gasteiger partial charge < -0.3 is 24.5 Å². The molecule has 0 spiro atoms. The highest BCUT2D eigenvalue weighted by atomic mass is 16.5. The molecule has 4 aliphatic rings. The lowest BCUT2D eigenvalue weighted by molar-refractivity contribution is 0.0937. The van der Waals surface area contributed by atoms with Gasteiger partial charge in [-0.15, -0.1) is 0 Å². The Bertz CT molecular complexity index is 3560. The number of phenols is 1. The van der Waals surface area contributed by atoms with Gasteiger partial charge in [0.25, 0.3) is 5.91 Å². The molecule has 6 unspecified atom stereocenters. The first kappa shape index (κ1) is 50.0. The normalized spacial score (nSPS) is 19.5. The number of ketones is 2. The molecule has 12 heteroatoms. The largest absolute Gasteiger partial charge is 0.508 e. The molecule has 3 aliphatic carbocycles. The topological polar surface area (TPSA) is 168 Å². The first-order chi connectivity index (χ1) is 36.4. The first-order valence-corrected chi connectivity index (χ1v) is 25.8. The average molecular weight is 1000 g/mol. The van der Waals surface area contributed by atoms with E-state index < -0.39 is 0 Å². The van der Waals surface area contributed by atoms with Gasteiger partial charge in [-0.2, -0.15) is 5.10 Å². The van der Waals surface area contributed by atoms with E-state index in [0.29, 0.717) is 70.2 Å². The van der Waals surface area contributed by atoms with Gasteiger partial charge in [0.15, 0.2) is 11.6 Å². The minimum absolute atomic E-state index is 0.0149. The zero-order chi connectivity index (χ0) is 52.2. The fraction of sp³-hybridized carbons (Fsp3) is 0.254. The maximum atomic E-state index is 12.2. The molecule has 6 aromatic carbocycles. The summed E-state index contributed by atoms with van der Waals surface area (Å²) in [6, 6.07) is 46.1. The van der Waals surface area contributed by atoms with Crippen LogP contribution in [0.1, 0.15) is 129 Å². The fourth-order valence-corrected chi connectivity index (χ4v) is 10.5. The smallest absolute Gasteiger partial charge is 0.272 e. The third kappa shape index (κ3) is 11.5. The van der Waals surface area contributed by atoms with Crippen molar-refractivity contribution in [3.63, 3.8) is 0 Å². The number of nitrogens with zero attached hydrogens (tertiary/aromatic N) is 2. The Labute approximate surface area is 435 Å². The van der Waals surface area contributed by atoms with Crippen molar-refractivity contribution < 1.29 is 33.8 Å². The number of rotatable bonds is 12. The number of ether oxygens (including phenoxy) is 2. The molecule has 13 rings (SSSR count). The van der Waals surface area contributed by atoms with Gasteiger partial charge >= 0.3 is 0 Å². The highest BCUT2D eigenvalue weighted by Gasteiger charge is 2.40. The summed E-state index contributed by atoms with van der Waals surface area (Å²) in [4.78, 5) is 53.1. The van der Waals surface area contributed by atoms with E-state index in [1.807, 2.05) is 54.9 Å². The lowest BCUT2D eigenvalue weighted by atomic mass is 10.1. The molecule has 75 heavy (non-hydrogen) atoms. The van der Waals surface area contributed by atoms with Crippen LogP contribution in [0.3, 0.4) is 0 Å². The number of H-pyrrole nitrogens is 2. The zero-order valence-corrected chi connectivity index (χ0v) is 42.6. The molecule has 3 saturated carbocycles. The van der Waals surface area contributed by atoms with Crippen molar-refractivity contribution in [3.05, 3.63) is 197 Å². The Morgan fingerprint density at radius 1 is 0.640 bits per heavy atom. The lowest BCUT2D eigenvalue weighted by Crippen LogP contribution is -2.16. The number of benzene rings is 6. The number of hydrazone groups is 1. The summed E-state index contributed by atoms with van der Waals surface area (Å²) in [7, 11) is 0.